The number of amides is 1. The summed E-state index contributed by atoms with van der Waals surface area (Å²) < 4.78 is 31.3. The van der Waals surface area contributed by atoms with E-state index in [0.29, 0.717) is 18.7 Å². The number of benzene rings is 1. The number of rotatable bonds is 5. The van der Waals surface area contributed by atoms with Gasteiger partial charge in [-0.25, -0.2) is 12.7 Å². The third kappa shape index (κ3) is 4.08. The second-order valence-corrected chi connectivity index (χ2v) is 7.74. The summed E-state index contributed by atoms with van der Waals surface area (Å²) in [7, 11) is -0.586. The second-order valence-electron chi connectivity index (χ2n) is 5.62. The number of hydrogen-bond acceptors (Lipinski definition) is 5. The Kier molecular flexibility index (Phi) is 5.74. The number of nitrogens with zero attached hydrogens (tertiary/aromatic N) is 1. The van der Waals surface area contributed by atoms with E-state index >= 15 is 0 Å². The first-order chi connectivity index (χ1) is 10.8. The molecule has 1 aromatic rings. The topological polar surface area (TPSA) is 87.7 Å². The van der Waals surface area contributed by atoms with Gasteiger partial charge in [-0.2, -0.15) is 0 Å². The van der Waals surface area contributed by atoms with Crippen LogP contribution < -0.4 is 10.6 Å². The van der Waals surface area contributed by atoms with Gasteiger partial charge in [-0.15, -0.1) is 0 Å². The Morgan fingerprint density at radius 1 is 1.39 bits per heavy atom. The lowest BCUT2D eigenvalue weighted by Crippen LogP contribution is -2.55. The smallest absolute Gasteiger partial charge is 0.242 e. The number of carbonyl (C=O) groups excluding carboxylic acids is 1. The van der Waals surface area contributed by atoms with Crippen molar-refractivity contribution in [2.24, 2.45) is 0 Å². The van der Waals surface area contributed by atoms with Crippen LogP contribution in [0.5, 0.6) is 0 Å². The van der Waals surface area contributed by atoms with Gasteiger partial charge in [0.05, 0.1) is 17.6 Å². The molecule has 0 aromatic heterocycles. The molecule has 1 aliphatic heterocycles. The molecule has 1 saturated heterocycles. The van der Waals surface area contributed by atoms with Crippen LogP contribution in [0.4, 0.5) is 0 Å². The maximum absolute atomic E-state index is 12.3. The number of carbonyl (C=O) groups is 1. The van der Waals surface area contributed by atoms with Gasteiger partial charge in [0.2, 0.25) is 15.9 Å². The van der Waals surface area contributed by atoms with E-state index in [0.717, 1.165) is 4.31 Å². The predicted octanol–water partition coefficient (Wildman–Crippen LogP) is -0.0700. The highest BCUT2D eigenvalue weighted by molar-refractivity contribution is 7.89. The zero-order chi connectivity index (χ0) is 17.0. The monoisotopic (exact) mass is 341 g/mol. The van der Waals surface area contributed by atoms with Crippen molar-refractivity contribution in [3.63, 3.8) is 0 Å². The quantitative estimate of drug-likeness (QED) is 0.783. The minimum atomic E-state index is -3.55. The Hall–Kier alpha value is -1.48. The molecular weight excluding hydrogens is 318 g/mol. The molecule has 0 spiro atoms. The Morgan fingerprint density at radius 2 is 2.09 bits per heavy atom. The summed E-state index contributed by atoms with van der Waals surface area (Å²) in [6.07, 6.45) is -0.218. The lowest BCUT2D eigenvalue weighted by molar-refractivity contribution is -0.129. The maximum atomic E-state index is 12.3. The Balaban J connectivity index is 2.11. The van der Waals surface area contributed by atoms with Crippen LogP contribution in [0.15, 0.2) is 29.2 Å². The van der Waals surface area contributed by atoms with Crippen LogP contribution in [-0.2, 0) is 26.1 Å². The number of sulfonamides is 1. The standard InChI is InChI=1S/C15H23N3O4S/c1-11-14(16-8-9-22-11)15(19)17-10-12-6-4-5-7-13(12)23(20,21)18(2)3/h4-7,11,14,16H,8-10H2,1-3H3,(H,17,19)/t11-,14+/m1/s1. The van der Waals surface area contributed by atoms with E-state index in [2.05, 4.69) is 10.6 Å². The van der Waals surface area contributed by atoms with Crippen molar-refractivity contribution in [1.82, 2.24) is 14.9 Å². The molecule has 1 amide bonds. The molecule has 1 aromatic carbocycles. The zero-order valence-electron chi connectivity index (χ0n) is 13.6. The number of morpholine rings is 1. The molecule has 2 atom stereocenters. The molecule has 23 heavy (non-hydrogen) atoms. The highest BCUT2D eigenvalue weighted by Crippen LogP contribution is 2.18. The van der Waals surface area contributed by atoms with Crippen molar-refractivity contribution < 1.29 is 17.9 Å². The summed E-state index contributed by atoms with van der Waals surface area (Å²) in [5.41, 5.74) is 0.555. The first-order valence-corrected chi connectivity index (χ1v) is 8.91. The Labute approximate surface area is 137 Å². The molecule has 2 rings (SSSR count). The van der Waals surface area contributed by atoms with E-state index in [4.69, 9.17) is 4.74 Å². The van der Waals surface area contributed by atoms with Crippen molar-refractivity contribution >= 4 is 15.9 Å². The van der Waals surface area contributed by atoms with Gasteiger partial charge in [-0.1, -0.05) is 18.2 Å². The fraction of sp³-hybridized carbons (Fsp3) is 0.533. The van der Waals surface area contributed by atoms with Crippen LogP contribution in [0.1, 0.15) is 12.5 Å². The van der Waals surface area contributed by atoms with Crippen LogP contribution in [0.2, 0.25) is 0 Å². The highest BCUT2D eigenvalue weighted by Gasteiger charge is 2.28. The van der Waals surface area contributed by atoms with Crippen molar-refractivity contribution in [2.45, 2.75) is 30.5 Å². The normalized spacial score (nSPS) is 22.1. The SMILES string of the molecule is C[C@H]1OCCN[C@@H]1C(=O)NCc1ccccc1S(=O)(=O)N(C)C. The van der Waals surface area contributed by atoms with Crippen LogP contribution in [0, 0.1) is 0 Å². The fourth-order valence-corrected chi connectivity index (χ4v) is 3.53. The van der Waals surface area contributed by atoms with E-state index in [9.17, 15) is 13.2 Å². The average molecular weight is 341 g/mol. The van der Waals surface area contributed by atoms with Crippen LogP contribution in [0.3, 0.4) is 0 Å². The molecule has 1 heterocycles. The molecule has 0 saturated carbocycles. The molecule has 1 fully saturated rings. The molecule has 1 aliphatic rings. The summed E-state index contributed by atoms with van der Waals surface area (Å²) >= 11 is 0. The molecular formula is C15H23N3O4S. The summed E-state index contributed by atoms with van der Waals surface area (Å²) in [4.78, 5) is 12.5. The van der Waals surface area contributed by atoms with Gasteiger partial charge in [0, 0.05) is 27.2 Å². The summed E-state index contributed by atoms with van der Waals surface area (Å²) in [6.45, 7) is 3.18. The van der Waals surface area contributed by atoms with E-state index in [-0.39, 0.29) is 23.5 Å². The minimum absolute atomic E-state index is 0.146. The van der Waals surface area contributed by atoms with Gasteiger partial charge in [0.25, 0.3) is 0 Å². The molecule has 0 aliphatic carbocycles. The largest absolute Gasteiger partial charge is 0.375 e. The average Bonchev–Trinajstić information content (AvgIpc) is 2.53. The minimum Gasteiger partial charge on any atom is -0.375 e. The maximum Gasteiger partial charge on any atom is 0.242 e. The molecule has 128 valence electrons. The summed E-state index contributed by atoms with van der Waals surface area (Å²) in [5.74, 6) is -0.200. The Bertz CT molecular complexity index is 660. The van der Waals surface area contributed by atoms with Gasteiger partial charge >= 0.3 is 0 Å². The van der Waals surface area contributed by atoms with E-state index < -0.39 is 16.1 Å². The van der Waals surface area contributed by atoms with Crippen molar-refractivity contribution in [3.05, 3.63) is 29.8 Å². The van der Waals surface area contributed by atoms with Gasteiger partial charge in [0.15, 0.2) is 0 Å². The van der Waals surface area contributed by atoms with Crippen molar-refractivity contribution in [2.75, 3.05) is 27.2 Å². The fourth-order valence-electron chi connectivity index (χ4n) is 2.42. The molecule has 7 nitrogen and oxygen atoms in total. The third-order valence-corrected chi connectivity index (χ3v) is 5.70. The molecule has 0 bridgehead atoms. The van der Waals surface area contributed by atoms with Crippen molar-refractivity contribution in [3.8, 4) is 0 Å². The third-order valence-electron chi connectivity index (χ3n) is 3.78. The van der Waals surface area contributed by atoms with Gasteiger partial charge in [0.1, 0.15) is 6.04 Å². The molecule has 8 heteroatoms. The highest BCUT2D eigenvalue weighted by atomic mass is 32.2. The molecule has 2 N–H and O–H groups in total. The summed E-state index contributed by atoms with van der Waals surface area (Å²) in [5, 5.41) is 5.89. The zero-order valence-corrected chi connectivity index (χ0v) is 14.4. The van der Waals surface area contributed by atoms with E-state index in [1.54, 1.807) is 24.3 Å². The van der Waals surface area contributed by atoms with Crippen LogP contribution in [-0.4, -0.2) is 58.0 Å². The molecule has 0 radical (unpaired) electrons. The van der Waals surface area contributed by atoms with E-state index in [1.165, 1.54) is 14.1 Å². The summed E-state index contributed by atoms with van der Waals surface area (Å²) in [6, 6.07) is 6.23. The Morgan fingerprint density at radius 3 is 2.74 bits per heavy atom. The predicted molar refractivity (Wildman–Crippen MR) is 86.4 cm³/mol. The first kappa shape index (κ1) is 17.9. The lowest BCUT2D eigenvalue weighted by atomic mass is 10.1. The lowest BCUT2D eigenvalue weighted by Gasteiger charge is -2.29. The van der Waals surface area contributed by atoms with Crippen LogP contribution in [0.25, 0.3) is 0 Å². The van der Waals surface area contributed by atoms with E-state index in [1.807, 2.05) is 6.92 Å². The number of nitrogens with one attached hydrogen (secondary N) is 2. The first-order valence-electron chi connectivity index (χ1n) is 7.47. The van der Waals surface area contributed by atoms with Gasteiger partial charge < -0.3 is 15.4 Å². The second kappa shape index (κ2) is 7.39. The van der Waals surface area contributed by atoms with Crippen molar-refractivity contribution in [1.29, 1.82) is 0 Å². The van der Waals surface area contributed by atoms with Gasteiger partial charge in [-0.05, 0) is 18.6 Å². The molecule has 0 unspecified atom stereocenters. The van der Waals surface area contributed by atoms with Crippen LogP contribution >= 0.6 is 0 Å². The number of hydrogen-bond donors (Lipinski definition) is 2. The number of ether oxygens (including phenoxy) is 1. The van der Waals surface area contributed by atoms with Gasteiger partial charge in [-0.3, -0.25) is 4.79 Å².